The molecule has 0 radical (unpaired) electrons. The van der Waals surface area contributed by atoms with E-state index in [0.29, 0.717) is 35.5 Å². The SMILES string of the molecule is Cc1ncsc1-c1ccc([C@H](C)NC(=O)[C@@H]2C[C@@H](O)CN2C(=O)[C@@H](c2cc(O[C@H](C)CN3CC[C@@H](N4CCN5c6cc(-c7ccccc7O)nnc6NC[C@@H]5C4)C3)no2)C(C)C)cc1. The number of piperazine rings is 1. The number of nitrogens with zero attached hydrogens (tertiary/aromatic N) is 8. The number of aryl methyl sites for hydroxylation is 1. The summed E-state index contributed by atoms with van der Waals surface area (Å²) in [6.07, 6.45) is 0.218. The summed E-state index contributed by atoms with van der Waals surface area (Å²) in [5, 5.41) is 40.8. The highest BCUT2D eigenvalue weighted by Gasteiger charge is 2.44. The number of ether oxygens (including phenoxy) is 1. The van der Waals surface area contributed by atoms with E-state index in [4.69, 9.17) is 9.26 Å². The number of rotatable bonds is 13. The van der Waals surface area contributed by atoms with Crippen LogP contribution in [-0.4, -0.2) is 140 Å². The van der Waals surface area contributed by atoms with Gasteiger partial charge in [-0.15, -0.1) is 21.5 Å². The number of nitrogens with one attached hydrogen (secondary N) is 2. The minimum Gasteiger partial charge on any atom is -0.507 e. The van der Waals surface area contributed by atoms with E-state index in [1.165, 1.54) is 4.90 Å². The number of hydrogen-bond donors (Lipinski definition) is 4. The monoisotopic (exact) mass is 890 g/mol. The first-order valence-electron chi connectivity index (χ1n) is 22.5. The Bertz CT molecular complexity index is 2440. The predicted molar refractivity (Wildman–Crippen MR) is 244 cm³/mol. The Kier molecular flexibility index (Phi) is 12.6. The number of aromatic hydroxyl groups is 1. The van der Waals surface area contributed by atoms with Crippen molar-refractivity contribution in [3.05, 3.63) is 83.2 Å². The van der Waals surface area contributed by atoms with Gasteiger partial charge in [0.15, 0.2) is 11.6 Å². The van der Waals surface area contributed by atoms with Gasteiger partial charge in [-0.25, -0.2) is 4.98 Å². The number of thiazole rings is 1. The van der Waals surface area contributed by atoms with Crippen molar-refractivity contribution in [3.63, 3.8) is 0 Å². The third-order valence-electron chi connectivity index (χ3n) is 13.3. The first kappa shape index (κ1) is 43.6. The number of likely N-dealkylation sites (tertiary alicyclic amines) is 2. The molecule has 3 saturated heterocycles. The highest BCUT2D eigenvalue weighted by Crippen LogP contribution is 2.37. The van der Waals surface area contributed by atoms with E-state index in [1.54, 1.807) is 29.5 Å². The van der Waals surface area contributed by atoms with Crippen molar-refractivity contribution in [1.29, 1.82) is 0 Å². The first-order chi connectivity index (χ1) is 30.9. The van der Waals surface area contributed by atoms with Crippen molar-refractivity contribution in [2.24, 2.45) is 5.92 Å². The van der Waals surface area contributed by atoms with Crippen molar-refractivity contribution in [2.75, 3.05) is 62.6 Å². The van der Waals surface area contributed by atoms with E-state index in [9.17, 15) is 19.8 Å². The van der Waals surface area contributed by atoms with Gasteiger partial charge in [0.1, 0.15) is 23.8 Å². The predicted octanol–water partition coefficient (Wildman–Crippen LogP) is 5.31. The fourth-order valence-corrected chi connectivity index (χ4v) is 10.7. The molecule has 17 heteroatoms. The number of benzene rings is 2. The minimum absolute atomic E-state index is 0.0564. The number of amides is 2. The molecule has 338 valence electrons. The van der Waals surface area contributed by atoms with Crippen LogP contribution in [-0.2, 0) is 9.59 Å². The number of aliphatic hydroxyl groups is 1. The van der Waals surface area contributed by atoms with E-state index >= 15 is 0 Å². The molecule has 16 nitrogen and oxygen atoms in total. The number of carbonyl (C=O) groups is 2. The lowest BCUT2D eigenvalue weighted by Gasteiger charge is -2.47. The van der Waals surface area contributed by atoms with Crippen LogP contribution >= 0.6 is 11.3 Å². The molecule has 64 heavy (non-hydrogen) atoms. The van der Waals surface area contributed by atoms with Gasteiger partial charge in [-0.1, -0.05) is 50.2 Å². The van der Waals surface area contributed by atoms with Crippen LogP contribution in [0.4, 0.5) is 11.5 Å². The summed E-state index contributed by atoms with van der Waals surface area (Å²) < 4.78 is 12.1. The van der Waals surface area contributed by atoms with Gasteiger partial charge in [0, 0.05) is 69.9 Å². The summed E-state index contributed by atoms with van der Waals surface area (Å²) in [4.78, 5) is 42.5. The van der Waals surface area contributed by atoms with E-state index in [0.717, 1.165) is 78.9 Å². The molecular formula is C47H58N10O6S. The summed E-state index contributed by atoms with van der Waals surface area (Å²) in [5.41, 5.74) is 7.17. The Morgan fingerprint density at radius 1 is 1.00 bits per heavy atom. The van der Waals surface area contributed by atoms with Gasteiger partial charge in [0.25, 0.3) is 5.88 Å². The minimum atomic E-state index is -0.826. The third-order valence-corrected chi connectivity index (χ3v) is 14.2. The molecule has 3 fully saturated rings. The number of phenols is 1. The molecule has 3 aromatic heterocycles. The molecule has 0 saturated carbocycles. The number of hydrogen-bond acceptors (Lipinski definition) is 15. The van der Waals surface area contributed by atoms with Gasteiger partial charge < -0.3 is 39.9 Å². The largest absolute Gasteiger partial charge is 0.507 e. The maximum absolute atomic E-state index is 14.3. The summed E-state index contributed by atoms with van der Waals surface area (Å²) >= 11 is 1.59. The molecule has 5 aromatic rings. The lowest BCUT2D eigenvalue weighted by molar-refractivity contribution is -0.141. The number of para-hydroxylation sites is 1. The smallest absolute Gasteiger partial charge is 0.254 e. The van der Waals surface area contributed by atoms with Crippen LogP contribution in [0.1, 0.15) is 69.5 Å². The Morgan fingerprint density at radius 3 is 2.58 bits per heavy atom. The fourth-order valence-electron chi connectivity index (χ4n) is 9.94. The summed E-state index contributed by atoms with van der Waals surface area (Å²) in [6.45, 7) is 16.0. The second-order valence-corrected chi connectivity index (χ2v) is 19.0. The van der Waals surface area contributed by atoms with Crippen molar-refractivity contribution < 1.29 is 29.1 Å². The lowest BCUT2D eigenvalue weighted by atomic mass is 9.91. The van der Waals surface area contributed by atoms with Crippen molar-refractivity contribution in [1.82, 2.24) is 40.4 Å². The quantitative estimate of drug-likeness (QED) is 0.119. The number of β-amino-alcohol motifs (C(OH)–C–C–N with tert-alkyl or cyclic N) is 1. The van der Waals surface area contributed by atoms with E-state index in [2.05, 4.69) is 45.7 Å². The number of carbonyl (C=O) groups excluding carboxylic acids is 2. The van der Waals surface area contributed by atoms with Gasteiger partial charge >= 0.3 is 0 Å². The van der Waals surface area contributed by atoms with Crippen molar-refractivity contribution >= 4 is 34.7 Å². The number of phenolic OH excluding ortho intramolecular Hbond substituents is 1. The maximum Gasteiger partial charge on any atom is 0.254 e. The molecule has 2 aromatic carbocycles. The standard InChI is InChI=1S/C47H58N10O6S/c1-27(2)43(47(61)57-25-35(58)18-39(57)46(60)50-29(4)31-10-12-32(13-11-31)44-30(5)49-26-64-44)41-20-42(53-63-41)62-28(3)22-54-15-14-33(23-54)55-16-17-56-34(24-55)21-48-45-38(56)19-37(51-52-45)36-8-6-7-9-40(36)59/h6-13,19-20,26-29,33-35,39,43,58-59H,14-18,21-25H2,1-5H3,(H,48,52)(H,50,60)/t28-,29+,33-,34-,35-,39+,43-/m1/s1. The third kappa shape index (κ3) is 9.03. The molecule has 0 aliphatic carbocycles. The number of aliphatic hydroxyl groups excluding tert-OH is 1. The lowest BCUT2D eigenvalue weighted by Crippen LogP contribution is -2.60. The summed E-state index contributed by atoms with van der Waals surface area (Å²) in [5.74, 6) is 0.156. The highest BCUT2D eigenvalue weighted by atomic mass is 32.1. The molecule has 4 aliphatic heterocycles. The first-order valence-corrected chi connectivity index (χ1v) is 23.3. The Balaban J connectivity index is 0.773. The van der Waals surface area contributed by atoms with Gasteiger partial charge in [0.05, 0.1) is 45.7 Å². The molecule has 0 spiro atoms. The Hall–Kier alpha value is -5.62. The summed E-state index contributed by atoms with van der Waals surface area (Å²) in [6, 6.07) is 18.6. The number of aromatic nitrogens is 4. The van der Waals surface area contributed by atoms with Crippen LogP contribution in [0, 0.1) is 12.8 Å². The van der Waals surface area contributed by atoms with E-state index in [-0.39, 0.29) is 54.6 Å². The van der Waals surface area contributed by atoms with Crippen LogP contribution in [0.25, 0.3) is 21.7 Å². The zero-order chi connectivity index (χ0) is 44.6. The van der Waals surface area contributed by atoms with Crippen LogP contribution in [0.5, 0.6) is 11.6 Å². The average molecular weight is 891 g/mol. The van der Waals surface area contributed by atoms with Crippen molar-refractivity contribution in [2.45, 2.75) is 89.8 Å². The zero-order valence-corrected chi connectivity index (χ0v) is 37.9. The van der Waals surface area contributed by atoms with Gasteiger partial charge in [-0.2, -0.15) is 0 Å². The second kappa shape index (κ2) is 18.5. The Labute approximate surface area is 377 Å². The molecule has 2 amide bonds. The topological polar surface area (TPSA) is 186 Å². The maximum atomic E-state index is 14.3. The second-order valence-electron chi connectivity index (χ2n) is 18.1. The molecule has 7 atom stereocenters. The molecular weight excluding hydrogens is 833 g/mol. The molecule has 0 bridgehead atoms. The Morgan fingerprint density at radius 2 is 1.81 bits per heavy atom. The van der Waals surface area contributed by atoms with Crippen LogP contribution in [0.2, 0.25) is 0 Å². The molecule has 4 N–H and O–H groups in total. The molecule has 7 heterocycles. The zero-order valence-electron chi connectivity index (χ0n) is 37.1. The normalized spacial score (nSPS) is 22.7. The summed E-state index contributed by atoms with van der Waals surface area (Å²) in [7, 11) is 0. The van der Waals surface area contributed by atoms with E-state index in [1.807, 2.05) is 82.6 Å². The average Bonchev–Trinajstić information content (AvgIpc) is 4.12. The van der Waals surface area contributed by atoms with Gasteiger partial charge in [0.2, 0.25) is 11.8 Å². The molecule has 9 rings (SSSR count). The highest BCUT2D eigenvalue weighted by molar-refractivity contribution is 7.13. The van der Waals surface area contributed by atoms with Gasteiger partial charge in [-0.05, 0) is 74.1 Å². The molecule has 4 aliphatic rings. The van der Waals surface area contributed by atoms with Crippen LogP contribution in [0.3, 0.4) is 0 Å². The number of fused-ring (bicyclic) bond motifs is 3. The van der Waals surface area contributed by atoms with Crippen molar-refractivity contribution in [3.8, 4) is 33.3 Å². The van der Waals surface area contributed by atoms with Crippen LogP contribution in [0.15, 0.2) is 70.7 Å². The molecule has 0 unspecified atom stereocenters. The van der Waals surface area contributed by atoms with Crippen LogP contribution < -0.4 is 20.3 Å². The van der Waals surface area contributed by atoms with E-state index < -0.39 is 18.1 Å². The number of anilines is 2. The fraction of sp³-hybridized carbons (Fsp3) is 0.489. The van der Waals surface area contributed by atoms with Gasteiger partial charge in [-0.3, -0.25) is 19.4 Å².